The molecule has 1 saturated heterocycles. The first-order chi connectivity index (χ1) is 15.7. The van der Waals surface area contributed by atoms with Crippen molar-refractivity contribution >= 4 is 11.6 Å². The van der Waals surface area contributed by atoms with Crippen molar-refractivity contribution in [2.24, 2.45) is 11.8 Å². The van der Waals surface area contributed by atoms with Gasteiger partial charge in [-0.2, -0.15) is 18.3 Å². The summed E-state index contributed by atoms with van der Waals surface area (Å²) in [6.45, 7) is 4.27. The number of rotatable bonds is 2. The van der Waals surface area contributed by atoms with Crippen LogP contribution in [0.3, 0.4) is 0 Å². The fourth-order valence-electron chi connectivity index (χ4n) is 5.60. The average molecular weight is 457 g/mol. The molecule has 0 unspecified atom stereocenters. The summed E-state index contributed by atoms with van der Waals surface area (Å²) in [5.74, 6) is 0.785. The Morgan fingerprint density at radius 1 is 1.03 bits per heavy atom. The minimum Gasteiger partial charge on any atom is -0.331 e. The molecule has 5 rings (SSSR count). The normalized spacial score (nSPS) is 25.8. The lowest BCUT2D eigenvalue weighted by Gasteiger charge is -2.48. The van der Waals surface area contributed by atoms with Crippen LogP contribution in [0.1, 0.15) is 62.1 Å². The van der Waals surface area contributed by atoms with E-state index in [1.165, 1.54) is 6.07 Å². The number of benzene rings is 1. The molecule has 0 radical (unpaired) electrons. The Kier molecular flexibility index (Phi) is 5.41. The van der Waals surface area contributed by atoms with E-state index < -0.39 is 11.9 Å². The molecule has 0 N–H and O–H groups in total. The van der Waals surface area contributed by atoms with Crippen LogP contribution in [0.15, 0.2) is 42.5 Å². The van der Waals surface area contributed by atoms with Crippen molar-refractivity contribution in [1.82, 2.24) is 19.5 Å². The number of piperidine rings is 1. The third-order valence-electron chi connectivity index (χ3n) is 7.23. The monoisotopic (exact) mass is 456 g/mol. The molecule has 0 bridgehead atoms. The van der Waals surface area contributed by atoms with E-state index in [1.54, 1.807) is 30.3 Å². The Balaban J connectivity index is 1.57. The maximum atomic E-state index is 13.9. The van der Waals surface area contributed by atoms with Crippen LogP contribution in [-0.4, -0.2) is 37.5 Å². The van der Waals surface area contributed by atoms with Crippen LogP contribution in [0.25, 0.3) is 16.9 Å². The predicted octanol–water partition coefficient (Wildman–Crippen LogP) is 5.84. The highest BCUT2D eigenvalue weighted by molar-refractivity contribution is 5.94. The van der Waals surface area contributed by atoms with Gasteiger partial charge in [-0.3, -0.25) is 4.79 Å². The molecule has 1 amide bonds. The van der Waals surface area contributed by atoms with E-state index in [4.69, 9.17) is 0 Å². The van der Waals surface area contributed by atoms with Crippen LogP contribution in [0.2, 0.25) is 0 Å². The second kappa shape index (κ2) is 8.15. The molecule has 174 valence electrons. The Morgan fingerprint density at radius 3 is 2.52 bits per heavy atom. The number of halogens is 3. The number of likely N-dealkylation sites (tertiary alicyclic amines) is 1. The molecule has 1 aliphatic heterocycles. The smallest absolute Gasteiger partial charge is 0.331 e. The maximum absolute atomic E-state index is 13.9. The Hall–Kier alpha value is -2.90. The molecule has 4 atom stereocenters. The fraction of sp³-hybridized carbons (Fsp3) is 0.480. The lowest BCUT2D eigenvalue weighted by Crippen LogP contribution is -2.54. The number of alkyl halides is 3. The topological polar surface area (TPSA) is 50.5 Å². The quantitative estimate of drug-likeness (QED) is 0.487. The Labute approximate surface area is 190 Å². The SMILES string of the molecule is C[C@@H]1CC[C@@H]2[C@H](CC[C@@H](C)N2C(=O)c2cc3nc(-c4ccccc4)cc(C(F)(F)F)n3n2)C1. The number of fused-ring (bicyclic) bond motifs is 2. The van der Waals surface area contributed by atoms with Gasteiger partial charge in [0.25, 0.3) is 5.91 Å². The fourth-order valence-corrected chi connectivity index (χ4v) is 5.60. The third kappa shape index (κ3) is 4.00. The molecule has 2 aromatic heterocycles. The maximum Gasteiger partial charge on any atom is 0.433 e. The van der Waals surface area contributed by atoms with Crippen molar-refractivity contribution in [3.8, 4) is 11.3 Å². The average Bonchev–Trinajstić information content (AvgIpc) is 3.22. The molecule has 2 aliphatic rings. The van der Waals surface area contributed by atoms with E-state index in [0.29, 0.717) is 17.4 Å². The van der Waals surface area contributed by atoms with Gasteiger partial charge in [-0.15, -0.1) is 0 Å². The molecular formula is C25H27F3N4O. The van der Waals surface area contributed by atoms with E-state index in [2.05, 4.69) is 17.0 Å². The summed E-state index contributed by atoms with van der Waals surface area (Å²) in [4.78, 5) is 19.9. The van der Waals surface area contributed by atoms with Crippen molar-refractivity contribution in [1.29, 1.82) is 0 Å². The first-order valence-corrected chi connectivity index (χ1v) is 11.6. The van der Waals surface area contributed by atoms with Crippen LogP contribution >= 0.6 is 0 Å². The molecule has 1 saturated carbocycles. The summed E-state index contributed by atoms with van der Waals surface area (Å²) in [5, 5.41) is 4.12. The second-order valence-electron chi connectivity index (χ2n) is 9.57. The van der Waals surface area contributed by atoms with Crippen LogP contribution < -0.4 is 0 Å². The van der Waals surface area contributed by atoms with E-state index in [9.17, 15) is 18.0 Å². The molecule has 0 spiro atoms. The van der Waals surface area contributed by atoms with E-state index in [-0.39, 0.29) is 35.0 Å². The number of nitrogens with zero attached hydrogens (tertiary/aromatic N) is 4. The third-order valence-corrected chi connectivity index (χ3v) is 7.23. The largest absolute Gasteiger partial charge is 0.433 e. The van der Waals surface area contributed by atoms with Crippen molar-refractivity contribution in [2.75, 3.05) is 0 Å². The van der Waals surface area contributed by atoms with Gasteiger partial charge in [0.15, 0.2) is 17.0 Å². The van der Waals surface area contributed by atoms with Crippen molar-refractivity contribution in [3.63, 3.8) is 0 Å². The molecule has 1 aliphatic carbocycles. The second-order valence-corrected chi connectivity index (χ2v) is 9.57. The van der Waals surface area contributed by atoms with Crippen LogP contribution in [0, 0.1) is 11.8 Å². The standard InChI is InChI=1S/C25H27F3N4O/c1-15-8-11-21-18(12-15)10-9-16(2)31(21)24(33)20-14-23-29-19(17-6-4-3-5-7-17)13-22(25(26,27)28)32(23)30-20/h3-7,13-16,18,21H,8-12H2,1-2H3/t15-,16-,18-,21-/m1/s1. The van der Waals surface area contributed by atoms with E-state index >= 15 is 0 Å². The lowest BCUT2D eigenvalue weighted by molar-refractivity contribution is -0.142. The first kappa shape index (κ1) is 21.9. The molecule has 3 aromatic rings. The van der Waals surface area contributed by atoms with Crippen LogP contribution in [-0.2, 0) is 6.18 Å². The lowest BCUT2D eigenvalue weighted by atomic mass is 9.72. The first-order valence-electron chi connectivity index (χ1n) is 11.6. The number of hydrogen-bond acceptors (Lipinski definition) is 3. The Bertz CT molecular complexity index is 1170. The minimum absolute atomic E-state index is 0.0179. The van der Waals surface area contributed by atoms with Gasteiger partial charge in [0, 0.05) is 23.7 Å². The van der Waals surface area contributed by atoms with Crippen molar-refractivity contribution in [3.05, 3.63) is 53.9 Å². The summed E-state index contributed by atoms with van der Waals surface area (Å²) < 4.78 is 42.5. The minimum atomic E-state index is -4.64. The van der Waals surface area contributed by atoms with Crippen molar-refractivity contribution < 1.29 is 18.0 Å². The summed E-state index contributed by atoms with van der Waals surface area (Å²) in [6, 6.07) is 11.3. The highest BCUT2D eigenvalue weighted by Crippen LogP contribution is 2.41. The van der Waals surface area contributed by atoms with Crippen LogP contribution in [0.5, 0.6) is 0 Å². The molecule has 3 heterocycles. The zero-order valence-electron chi connectivity index (χ0n) is 18.7. The van der Waals surface area contributed by atoms with Gasteiger partial charge in [-0.05, 0) is 56.9 Å². The van der Waals surface area contributed by atoms with Gasteiger partial charge in [-0.25, -0.2) is 9.50 Å². The predicted molar refractivity (Wildman–Crippen MR) is 119 cm³/mol. The zero-order valence-corrected chi connectivity index (χ0v) is 18.7. The van der Waals surface area contributed by atoms with Crippen molar-refractivity contribution in [2.45, 2.75) is 64.2 Å². The van der Waals surface area contributed by atoms with Crippen LogP contribution in [0.4, 0.5) is 13.2 Å². The molecular weight excluding hydrogens is 429 g/mol. The molecule has 5 nitrogen and oxygen atoms in total. The molecule has 2 fully saturated rings. The summed E-state index contributed by atoms with van der Waals surface area (Å²) in [5.41, 5.74) is -0.137. The summed E-state index contributed by atoms with van der Waals surface area (Å²) in [6.07, 6.45) is 0.428. The van der Waals surface area contributed by atoms with Gasteiger partial charge >= 0.3 is 6.18 Å². The number of amides is 1. The molecule has 8 heteroatoms. The number of aromatic nitrogens is 3. The number of carbonyl (C=O) groups excluding carboxylic acids is 1. The van der Waals surface area contributed by atoms with Gasteiger partial charge in [0.05, 0.1) is 5.69 Å². The van der Waals surface area contributed by atoms with Gasteiger partial charge < -0.3 is 4.90 Å². The van der Waals surface area contributed by atoms with E-state index in [1.807, 2.05) is 11.8 Å². The zero-order chi connectivity index (χ0) is 23.3. The van der Waals surface area contributed by atoms with Gasteiger partial charge in [0.1, 0.15) is 0 Å². The van der Waals surface area contributed by atoms with E-state index in [0.717, 1.165) is 42.7 Å². The number of hydrogen-bond donors (Lipinski definition) is 0. The van der Waals surface area contributed by atoms with Gasteiger partial charge in [-0.1, -0.05) is 37.3 Å². The molecule has 33 heavy (non-hydrogen) atoms. The summed E-state index contributed by atoms with van der Waals surface area (Å²) in [7, 11) is 0. The number of carbonyl (C=O) groups is 1. The highest BCUT2D eigenvalue weighted by Gasteiger charge is 2.42. The summed E-state index contributed by atoms with van der Waals surface area (Å²) >= 11 is 0. The highest BCUT2D eigenvalue weighted by atomic mass is 19.4. The molecule has 1 aromatic carbocycles. The van der Waals surface area contributed by atoms with Gasteiger partial charge in [0.2, 0.25) is 0 Å². The Morgan fingerprint density at radius 2 is 1.79 bits per heavy atom.